The van der Waals surface area contributed by atoms with Crippen molar-refractivity contribution in [2.45, 2.75) is 182 Å². The third-order valence-electron chi connectivity index (χ3n) is 10.1. The molecule has 0 saturated heterocycles. The van der Waals surface area contributed by atoms with Crippen molar-refractivity contribution in [3.8, 4) is 0 Å². The van der Waals surface area contributed by atoms with E-state index in [2.05, 4.69) is 6.92 Å². The van der Waals surface area contributed by atoms with Gasteiger partial charge in [0.2, 0.25) is 0 Å². The molecule has 47 heavy (non-hydrogen) atoms. The molecule has 276 valence electrons. The van der Waals surface area contributed by atoms with Crippen LogP contribution in [-0.4, -0.2) is 30.6 Å². The Balaban J connectivity index is 2.74. The summed E-state index contributed by atoms with van der Waals surface area (Å²) < 4.78 is 77.7. The minimum atomic E-state index is -3.39. The van der Waals surface area contributed by atoms with Crippen molar-refractivity contribution < 1.29 is 31.3 Å². The van der Waals surface area contributed by atoms with Crippen molar-refractivity contribution in [1.29, 1.82) is 0 Å². The third kappa shape index (κ3) is 15.5. The van der Waals surface area contributed by atoms with Crippen LogP contribution < -0.4 is 0 Å². The van der Waals surface area contributed by atoms with Gasteiger partial charge in [-0.15, -0.1) is 0 Å². The fourth-order valence-corrected chi connectivity index (χ4v) is 13.6. The predicted octanol–water partition coefficient (Wildman–Crippen LogP) is 14.4. The summed E-state index contributed by atoms with van der Waals surface area (Å²) in [7, 11) is 0. The van der Waals surface area contributed by atoms with Crippen LogP contribution in [-0.2, 0) is 4.52 Å². The van der Waals surface area contributed by atoms with Crippen molar-refractivity contribution in [3.05, 3.63) is 34.6 Å². The van der Waals surface area contributed by atoms with Gasteiger partial charge in [0.15, 0.2) is 0 Å². The van der Waals surface area contributed by atoms with E-state index in [4.69, 9.17) is 4.52 Å². The normalized spacial score (nSPS) is 12.7. The second kappa shape index (κ2) is 24.8. The molecule has 8 heteroatoms. The molecule has 0 bridgehead atoms. The second-order valence-electron chi connectivity index (χ2n) is 14.1. The molecule has 0 aliphatic carbocycles. The zero-order chi connectivity index (χ0) is 35.0. The number of hydrogen-bond donors (Lipinski definition) is 0. The van der Waals surface area contributed by atoms with Gasteiger partial charge in [-0.3, -0.25) is 0 Å². The molecule has 0 fully saturated rings. The van der Waals surface area contributed by atoms with Crippen molar-refractivity contribution in [2.75, 3.05) is 24.6 Å². The molecule has 0 unspecified atom stereocenters. The van der Waals surface area contributed by atoms with Gasteiger partial charge in [-0.1, -0.05) is 51.9 Å². The first-order valence-corrected chi connectivity index (χ1v) is 22.3. The molecule has 1 rings (SSSR count). The average Bonchev–Trinajstić information content (AvgIpc) is 3.07. The van der Waals surface area contributed by atoms with E-state index in [9.17, 15) is 26.7 Å². The fourth-order valence-electron chi connectivity index (χ4n) is 7.01. The molecular formula is C39H68F5O2P. The van der Waals surface area contributed by atoms with Crippen molar-refractivity contribution in [2.24, 2.45) is 0 Å². The van der Waals surface area contributed by atoms with E-state index in [0.717, 1.165) is 64.2 Å². The standard InChI is InChI=1S/C39H68F5O2P/c1-5-9-13-14-15-16-17-18-19-20-21-22-23-24-25-26-27-28-32-47(29-10-6-2,30-11-7-3,31-12-8-4)46-39(45)33-34(40)36(42)38(44)37(43)35(33)41/h5-32H2,1-4H3. The number of halogens is 5. The first kappa shape index (κ1) is 43.8. The molecule has 1 aromatic rings. The van der Waals surface area contributed by atoms with Crippen LogP contribution in [0.25, 0.3) is 0 Å². The average molecular weight is 695 g/mol. The molecule has 1 aromatic carbocycles. The second-order valence-corrected chi connectivity index (χ2v) is 19.8. The van der Waals surface area contributed by atoms with Crippen LogP contribution in [0.5, 0.6) is 0 Å². The molecular weight excluding hydrogens is 626 g/mol. The third-order valence-corrected chi connectivity index (χ3v) is 16.5. The summed E-state index contributed by atoms with van der Waals surface area (Å²) in [6, 6.07) is 0. The Morgan fingerprint density at radius 1 is 0.404 bits per heavy atom. The van der Waals surface area contributed by atoms with Gasteiger partial charge in [0.25, 0.3) is 0 Å². The van der Waals surface area contributed by atoms with E-state index in [1.165, 1.54) is 89.9 Å². The van der Waals surface area contributed by atoms with Crippen LogP contribution in [0.1, 0.15) is 192 Å². The fraction of sp³-hybridized carbons (Fsp3) is 0.821. The summed E-state index contributed by atoms with van der Waals surface area (Å²) in [6.07, 6.45) is 30.2. The van der Waals surface area contributed by atoms with E-state index in [-0.39, 0.29) is 0 Å². The van der Waals surface area contributed by atoms with Crippen molar-refractivity contribution in [3.63, 3.8) is 0 Å². The summed E-state index contributed by atoms with van der Waals surface area (Å²) >= 11 is 0. The van der Waals surface area contributed by atoms with Gasteiger partial charge >= 0.3 is 233 Å². The molecule has 0 N–H and O–H groups in total. The Labute approximate surface area is 284 Å². The van der Waals surface area contributed by atoms with Gasteiger partial charge in [-0.25, -0.2) is 0 Å². The van der Waals surface area contributed by atoms with Gasteiger partial charge in [-0.05, 0) is 0 Å². The first-order chi connectivity index (χ1) is 22.6. The van der Waals surface area contributed by atoms with Crippen LogP contribution in [0.4, 0.5) is 22.0 Å². The summed E-state index contributed by atoms with van der Waals surface area (Å²) in [5.41, 5.74) is -1.46. The Morgan fingerprint density at radius 3 is 0.979 bits per heavy atom. The monoisotopic (exact) mass is 694 g/mol. The zero-order valence-electron chi connectivity index (χ0n) is 30.5. The quantitative estimate of drug-likeness (QED) is 0.0263. The minimum absolute atomic E-state index is 0.627. The van der Waals surface area contributed by atoms with Crippen LogP contribution in [0.2, 0.25) is 0 Å². The molecule has 2 nitrogen and oxygen atoms in total. The van der Waals surface area contributed by atoms with E-state index in [0.29, 0.717) is 24.6 Å². The van der Waals surface area contributed by atoms with Gasteiger partial charge in [-0.2, -0.15) is 0 Å². The van der Waals surface area contributed by atoms with Crippen molar-refractivity contribution in [1.82, 2.24) is 0 Å². The number of carbonyl (C=O) groups excluding carboxylic acids is 1. The molecule has 0 saturated carbocycles. The zero-order valence-corrected chi connectivity index (χ0v) is 31.3. The number of unbranched alkanes of at least 4 members (excludes halogenated alkanes) is 20. The van der Waals surface area contributed by atoms with E-state index in [1.807, 2.05) is 20.8 Å². The number of carbonyl (C=O) groups is 1. The van der Waals surface area contributed by atoms with E-state index in [1.54, 1.807) is 0 Å². The molecule has 0 amide bonds. The topological polar surface area (TPSA) is 26.3 Å². The molecule has 0 atom stereocenters. The molecule has 0 radical (unpaired) electrons. The number of benzene rings is 1. The van der Waals surface area contributed by atoms with E-state index < -0.39 is 47.4 Å². The van der Waals surface area contributed by atoms with Gasteiger partial charge < -0.3 is 0 Å². The molecule has 0 spiro atoms. The van der Waals surface area contributed by atoms with Gasteiger partial charge in [0.05, 0.1) is 0 Å². The molecule has 0 aliphatic rings. The first-order valence-electron chi connectivity index (χ1n) is 19.4. The Bertz CT molecular complexity index is 949. The Morgan fingerprint density at radius 2 is 0.660 bits per heavy atom. The Kier molecular flexibility index (Phi) is 23.1. The Hall–Kier alpha value is -1.23. The maximum absolute atomic E-state index is 14.7. The molecule has 0 heterocycles. The number of rotatable bonds is 30. The van der Waals surface area contributed by atoms with E-state index >= 15 is 0 Å². The van der Waals surface area contributed by atoms with Crippen LogP contribution in [0, 0.1) is 29.1 Å². The van der Waals surface area contributed by atoms with Crippen LogP contribution in [0.3, 0.4) is 0 Å². The molecule has 0 aliphatic heterocycles. The summed E-state index contributed by atoms with van der Waals surface area (Å²) in [5.74, 6) is -12.1. The van der Waals surface area contributed by atoms with Gasteiger partial charge in [0, 0.05) is 0 Å². The summed E-state index contributed by atoms with van der Waals surface area (Å²) in [4.78, 5) is 13.5. The summed E-state index contributed by atoms with van der Waals surface area (Å²) in [6.45, 7) is 5.02. The number of hydrogen-bond acceptors (Lipinski definition) is 2. The SMILES string of the molecule is CCCCCCCCCCCCCCCCCCCCP(CCCC)(CCCC)(CCCC)OC(=O)c1c(F)c(F)c(F)c(F)c1F. The predicted molar refractivity (Wildman–Crippen MR) is 192 cm³/mol. The van der Waals surface area contributed by atoms with Gasteiger partial charge in [0.1, 0.15) is 0 Å². The maximum atomic E-state index is 14.7. The summed E-state index contributed by atoms with van der Waals surface area (Å²) in [5, 5.41) is 0. The molecule has 0 aromatic heterocycles. The van der Waals surface area contributed by atoms with Crippen LogP contribution >= 0.6 is 6.83 Å². The van der Waals surface area contributed by atoms with Crippen molar-refractivity contribution >= 4 is 12.8 Å². The van der Waals surface area contributed by atoms with Crippen LogP contribution in [0.15, 0.2) is 0 Å².